The first kappa shape index (κ1) is 38.0. The molecule has 2 bridgehead atoms. The third kappa shape index (κ3) is 7.53. The number of rotatable bonds is 17. The Bertz CT molecular complexity index is 1570. The second-order valence-electron chi connectivity index (χ2n) is 14.6. The molecule has 3 aliphatic heterocycles. The van der Waals surface area contributed by atoms with Crippen LogP contribution in [0.3, 0.4) is 0 Å². The van der Waals surface area contributed by atoms with E-state index in [2.05, 4.69) is 13.2 Å². The number of esters is 1. The summed E-state index contributed by atoms with van der Waals surface area (Å²) < 4.78 is 13.1. The van der Waals surface area contributed by atoms with E-state index in [1.807, 2.05) is 81.4 Å². The maximum Gasteiger partial charge on any atom is 0.313 e. The van der Waals surface area contributed by atoms with Crippen LogP contribution in [0.15, 0.2) is 86.0 Å². The second-order valence-corrected chi connectivity index (χ2v) is 14.6. The summed E-state index contributed by atoms with van der Waals surface area (Å²) in [6.07, 6.45) is 4.06. The average Bonchev–Trinajstić information content (AvgIpc) is 3.78. The number of allylic oxidation sites excluding steroid dienone is 1. The topological polar surface area (TPSA) is 117 Å². The molecule has 51 heavy (non-hydrogen) atoms. The van der Waals surface area contributed by atoms with Crippen molar-refractivity contribution in [2.45, 2.75) is 95.4 Å². The fraction of sp³-hybridized carbons (Fsp3) is 0.512. The summed E-state index contributed by atoms with van der Waals surface area (Å²) in [5, 5.41) is 10.7. The van der Waals surface area contributed by atoms with Gasteiger partial charge in [0.25, 0.3) is 0 Å². The summed E-state index contributed by atoms with van der Waals surface area (Å²) in [5.41, 5.74) is 0.366. The lowest BCUT2D eigenvalue weighted by molar-refractivity contribution is -0.165. The van der Waals surface area contributed by atoms with Crippen molar-refractivity contribution in [3.63, 3.8) is 0 Å². The Morgan fingerprint density at radius 3 is 2.33 bits per heavy atom. The zero-order chi connectivity index (χ0) is 36.9. The summed E-state index contributed by atoms with van der Waals surface area (Å²) in [6, 6.07) is 16.7. The number of aliphatic hydroxyl groups is 1. The molecular formula is C41H53N3O7. The quantitative estimate of drug-likeness (QED) is 0.181. The molecule has 10 heteroatoms. The summed E-state index contributed by atoms with van der Waals surface area (Å²) in [5.74, 6) is -3.21. The van der Waals surface area contributed by atoms with Crippen LogP contribution in [0, 0.1) is 17.8 Å². The number of amides is 3. The van der Waals surface area contributed by atoms with Crippen LogP contribution in [-0.2, 0) is 35.2 Å². The van der Waals surface area contributed by atoms with Crippen molar-refractivity contribution in [2.24, 2.45) is 17.8 Å². The molecule has 0 unspecified atom stereocenters. The van der Waals surface area contributed by atoms with Crippen LogP contribution in [-0.4, -0.2) is 93.5 Å². The normalized spacial score (nSPS) is 25.2. The van der Waals surface area contributed by atoms with Gasteiger partial charge < -0.3 is 29.3 Å². The molecular weight excluding hydrogens is 646 g/mol. The number of likely N-dealkylation sites (N-methyl/N-ethyl adjacent to an activating group) is 1. The van der Waals surface area contributed by atoms with Gasteiger partial charge in [-0.05, 0) is 49.7 Å². The molecule has 274 valence electrons. The number of carbonyl (C=O) groups is 4. The Kier molecular flexibility index (Phi) is 12.2. The molecule has 3 heterocycles. The van der Waals surface area contributed by atoms with Crippen molar-refractivity contribution < 1.29 is 33.8 Å². The molecule has 3 saturated heterocycles. The smallest absolute Gasteiger partial charge is 0.313 e. The molecule has 1 spiro atoms. The van der Waals surface area contributed by atoms with Gasteiger partial charge in [0, 0.05) is 26.6 Å². The van der Waals surface area contributed by atoms with Crippen molar-refractivity contribution in [3.05, 3.63) is 97.1 Å². The highest BCUT2D eigenvalue weighted by atomic mass is 16.6. The average molecular weight is 700 g/mol. The van der Waals surface area contributed by atoms with Crippen LogP contribution >= 0.6 is 0 Å². The van der Waals surface area contributed by atoms with Gasteiger partial charge in [-0.3, -0.25) is 19.2 Å². The summed E-state index contributed by atoms with van der Waals surface area (Å²) in [7, 11) is 1.69. The molecule has 8 atom stereocenters. The minimum Gasteiger partial charge on any atom is -0.455 e. The molecule has 2 aromatic carbocycles. The van der Waals surface area contributed by atoms with E-state index in [0.717, 1.165) is 5.56 Å². The van der Waals surface area contributed by atoms with Gasteiger partial charge in [-0.1, -0.05) is 86.7 Å². The maximum atomic E-state index is 14.8. The van der Waals surface area contributed by atoms with Gasteiger partial charge in [0.2, 0.25) is 17.7 Å². The minimum absolute atomic E-state index is 0.107. The number of ether oxygens (including phenoxy) is 2. The third-order valence-electron chi connectivity index (χ3n) is 10.8. The van der Waals surface area contributed by atoms with E-state index in [1.54, 1.807) is 29.0 Å². The first-order valence-electron chi connectivity index (χ1n) is 18.1. The monoisotopic (exact) mass is 699 g/mol. The maximum absolute atomic E-state index is 14.8. The van der Waals surface area contributed by atoms with Crippen molar-refractivity contribution >= 4 is 23.7 Å². The SMILES string of the molecule is C=CCCC(=O)N(C)[C@H](C)[C@H](OC(=O)[C@@H]1[C@@H]2CC[C@]3(O2)[C@H](C(=O)N(CC=C)Cc2ccccc2)N([C@@H](CO)CC(C)C)C(=O)[C@@H]13)c1ccccc1. The molecule has 3 fully saturated rings. The molecule has 0 aromatic heterocycles. The molecule has 2 aromatic rings. The highest BCUT2D eigenvalue weighted by molar-refractivity contribution is 5.98. The van der Waals surface area contributed by atoms with Gasteiger partial charge >= 0.3 is 5.97 Å². The minimum atomic E-state index is -1.27. The van der Waals surface area contributed by atoms with Gasteiger partial charge in [0.15, 0.2) is 0 Å². The molecule has 3 amide bonds. The Labute approximate surface area is 302 Å². The van der Waals surface area contributed by atoms with E-state index >= 15 is 0 Å². The van der Waals surface area contributed by atoms with Gasteiger partial charge in [-0.15, -0.1) is 13.2 Å². The number of fused-ring (bicyclic) bond motifs is 1. The van der Waals surface area contributed by atoms with Gasteiger partial charge in [-0.2, -0.15) is 0 Å². The van der Waals surface area contributed by atoms with Crippen molar-refractivity contribution in [1.82, 2.24) is 14.7 Å². The second kappa shape index (κ2) is 16.4. The van der Waals surface area contributed by atoms with E-state index in [9.17, 15) is 24.3 Å². The van der Waals surface area contributed by atoms with Gasteiger partial charge in [-0.25, -0.2) is 0 Å². The Morgan fingerprint density at radius 1 is 1.06 bits per heavy atom. The molecule has 1 N–H and O–H groups in total. The van der Waals surface area contributed by atoms with Crippen LogP contribution < -0.4 is 0 Å². The summed E-state index contributed by atoms with van der Waals surface area (Å²) in [6.45, 7) is 13.7. The van der Waals surface area contributed by atoms with Crippen molar-refractivity contribution in [1.29, 1.82) is 0 Å². The Balaban J connectivity index is 1.51. The zero-order valence-electron chi connectivity index (χ0n) is 30.4. The molecule has 0 saturated carbocycles. The van der Waals surface area contributed by atoms with Gasteiger partial charge in [0.1, 0.15) is 17.7 Å². The lowest BCUT2D eigenvalue weighted by Gasteiger charge is -2.39. The van der Waals surface area contributed by atoms with E-state index in [1.165, 1.54) is 4.90 Å². The summed E-state index contributed by atoms with van der Waals surface area (Å²) >= 11 is 0. The number of hydrogen-bond donors (Lipinski definition) is 1. The molecule has 3 aliphatic rings. The van der Waals surface area contributed by atoms with Crippen molar-refractivity contribution in [2.75, 3.05) is 20.2 Å². The van der Waals surface area contributed by atoms with E-state index in [-0.39, 0.29) is 43.2 Å². The number of likely N-dealkylation sites (tertiary alicyclic amines) is 1. The molecule has 0 aliphatic carbocycles. The predicted octanol–water partition coefficient (Wildman–Crippen LogP) is 5.08. The van der Waals surface area contributed by atoms with Crippen molar-refractivity contribution in [3.8, 4) is 0 Å². The first-order valence-corrected chi connectivity index (χ1v) is 18.1. The highest BCUT2D eigenvalue weighted by Crippen LogP contribution is 2.59. The number of aliphatic hydroxyl groups excluding tert-OH is 1. The number of hydrogen-bond acceptors (Lipinski definition) is 7. The van der Waals surface area contributed by atoms with Gasteiger partial charge in [0.05, 0.1) is 36.6 Å². The fourth-order valence-corrected chi connectivity index (χ4v) is 8.34. The van der Waals surface area contributed by atoms with Crippen LogP contribution in [0.4, 0.5) is 0 Å². The largest absolute Gasteiger partial charge is 0.455 e. The lowest BCUT2D eigenvalue weighted by atomic mass is 9.70. The highest BCUT2D eigenvalue weighted by Gasteiger charge is 2.75. The first-order chi connectivity index (χ1) is 24.5. The fourth-order valence-electron chi connectivity index (χ4n) is 8.34. The molecule has 10 nitrogen and oxygen atoms in total. The number of benzene rings is 2. The predicted molar refractivity (Wildman–Crippen MR) is 194 cm³/mol. The van der Waals surface area contributed by atoms with E-state index < -0.39 is 53.7 Å². The van der Waals surface area contributed by atoms with Crippen LogP contribution in [0.5, 0.6) is 0 Å². The van der Waals surface area contributed by atoms with E-state index in [0.29, 0.717) is 37.8 Å². The number of carbonyl (C=O) groups excluding carboxylic acids is 4. The Morgan fingerprint density at radius 2 is 1.73 bits per heavy atom. The van der Waals surface area contributed by atoms with Crippen LogP contribution in [0.25, 0.3) is 0 Å². The molecule has 5 rings (SSSR count). The third-order valence-corrected chi connectivity index (χ3v) is 10.8. The number of nitrogens with zero attached hydrogens (tertiary/aromatic N) is 3. The van der Waals surface area contributed by atoms with E-state index in [4.69, 9.17) is 9.47 Å². The van der Waals surface area contributed by atoms with Crippen LogP contribution in [0.2, 0.25) is 0 Å². The van der Waals surface area contributed by atoms with Crippen LogP contribution in [0.1, 0.15) is 70.1 Å². The lowest BCUT2D eigenvalue weighted by Crippen LogP contribution is -2.58. The molecule has 0 radical (unpaired) electrons. The zero-order valence-corrected chi connectivity index (χ0v) is 30.4. The Hall–Kier alpha value is -4.28. The standard InChI is InChI=1S/C41H53N3O7/c1-7-9-20-33(46)42(6)28(5)36(30-18-14-11-15-19-30)50-40(49)34-32-21-22-41(51-32)35(34)38(47)44(31(26-45)24-27(3)4)37(41)39(48)43(23-8-2)25-29-16-12-10-13-17-29/h7-8,10-19,27-28,31-32,34-37,45H,1-2,9,20-26H2,3-6H3/t28-,31-,32+,34-,35-,36+,37+,41-/m1/s1. The summed E-state index contributed by atoms with van der Waals surface area (Å²) in [4.78, 5) is 61.9.